The van der Waals surface area contributed by atoms with Gasteiger partial charge < -0.3 is 25.8 Å². The standard InChI is InChI=1S/C19H16N4O4/c20-7-8-27-23-16-11-3-1-2-4-13(11)21-17(16)15-12-9-10(19(25)26)5-6-14(12)22-18(15)24/h1-6,9,22,24H,7-8,20H2,(H,25,26). The van der Waals surface area contributed by atoms with Crippen molar-refractivity contribution in [1.82, 2.24) is 4.98 Å². The number of H-pyrrole nitrogens is 1. The number of aromatic hydroxyl groups is 1. The van der Waals surface area contributed by atoms with Crippen molar-refractivity contribution in [2.45, 2.75) is 0 Å². The van der Waals surface area contributed by atoms with E-state index in [1.54, 1.807) is 6.07 Å². The Kier molecular flexibility index (Phi) is 4.09. The molecule has 0 atom stereocenters. The Balaban J connectivity index is 1.91. The molecule has 3 aromatic rings. The van der Waals surface area contributed by atoms with Crippen LogP contribution < -0.4 is 5.73 Å². The van der Waals surface area contributed by atoms with Gasteiger partial charge >= 0.3 is 5.97 Å². The first-order chi connectivity index (χ1) is 13.1. The van der Waals surface area contributed by atoms with E-state index in [1.165, 1.54) is 12.1 Å². The maximum Gasteiger partial charge on any atom is 0.335 e. The van der Waals surface area contributed by atoms with Crippen LogP contribution in [0.5, 0.6) is 5.88 Å². The van der Waals surface area contributed by atoms with E-state index in [9.17, 15) is 15.0 Å². The molecule has 0 radical (unpaired) electrons. The Morgan fingerprint density at radius 2 is 2.07 bits per heavy atom. The number of benzene rings is 2. The second-order valence-electron chi connectivity index (χ2n) is 5.95. The molecule has 1 aliphatic rings. The molecule has 1 aromatic heterocycles. The molecule has 0 saturated heterocycles. The van der Waals surface area contributed by atoms with Gasteiger partial charge in [-0.2, -0.15) is 0 Å². The Hall–Kier alpha value is -3.65. The molecule has 27 heavy (non-hydrogen) atoms. The highest BCUT2D eigenvalue weighted by Gasteiger charge is 2.29. The number of para-hydroxylation sites is 1. The molecule has 0 unspecified atom stereocenters. The van der Waals surface area contributed by atoms with Crippen molar-refractivity contribution in [3.8, 4) is 5.88 Å². The van der Waals surface area contributed by atoms with E-state index < -0.39 is 5.97 Å². The predicted molar refractivity (Wildman–Crippen MR) is 101 cm³/mol. The summed E-state index contributed by atoms with van der Waals surface area (Å²) in [7, 11) is 0. The van der Waals surface area contributed by atoms with Crippen LogP contribution >= 0.6 is 0 Å². The Morgan fingerprint density at radius 1 is 1.26 bits per heavy atom. The summed E-state index contributed by atoms with van der Waals surface area (Å²) in [4.78, 5) is 24.0. The number of aromatic carboxylic acids is 1. The van der Waals surface area contributed by atoms with E-state index in [-0.39, 0.29) is 18.1 Å². The number of carboxylic acids is 1. The number of nitrogens with two attached hydrogens (primary N) is 1. The predicted octanol–water partition coefficient (Wildman–Crippen LogP) is 2.39. The van der Waals surface area contributed by atoms with Crippen molar-refractivity contribution in [2.75, 3.05) is 13.2 Å². The van der Waals surface area contributed by atoms with E-state index in [2.05, 4.69) is 15.1 Å². The van der Waals surface area contributed by atoms with Crippen LogP contribution in [0.15, 0.2) is 52.6 Å². The monoisotopic (exact) mass is 364 g/mol. The van der Waals surface area contributed by atoms with E-state index in [1.807, 2.05) is 24.3 Å². The van der Waals surface area contributed by atoms with Crippen molar-refractivity contribution in [1.29, 1.82) is 0 Å². The molecule has 2 aromatic carbocycles. The minimum Gasteiger partial charge on any atom is -0.494 e. The number of rotatable bonds is 5. The van der Waals surface area contributed by atoms with Crippen LogP contribution in [0, 0.1) is 0 Å². The number of carbonyl (C=O) groups is 1. The summed E-state index contributed by atoms with van der Waals surface area (Å²) in [6, 6.07) is 11.9. The molecular weight excluding hydrogens is 348 g/mol. The molecule has 4 rings (SSSR count). The summed E-state index contributed by atoms with van der Waals surface area (Å²) in [6.45, 7) is 0.549. The van der Waals surface area contributed by atoms with Crippen molar-refractivity contribution in [3.63, 3.8) is 0 Å². The van der Waals surface area contributed by atoms with Gasteiger partial charge in [0.25, 0.3) is 0 Å². The fraction of sp³-hybridized carbons (Fsp3) is 0.105. The van der Waals surface area contributed by atoms with Gasteiger partial charge in [0, 0.05) is 23.0 Å². The maximum atomic E-state index is 11.3. The lowest BCUT2D eigenvalue weighted by Gasteiger charge is -2.05. The number of fused-ring (bicyclic) bond motifs is 2. The van der Waals surface area contributed by atoms with Crippen LogP contribution in [0.2, 0.25) is 0 Å². The lowest BCUT2D eigenvalue weighted by Crippen LogP contribution is -2.15. The van der Waals surface area contributed by atoms with Crippen LogP contribution in [-0.4, -0.2) is 45.7 Å². The highest BCUT2D eigenvalue weighted by molar-refractivity contribution is 6.58. The summed E-state index contributed by atoms with van der Waals surface area (Å²) in [6.07, 6.45) is 0. The third-order valence-electron chi connectivity index (χ3n) is 4.24. The largest absolute Gasteiger partial charge is 0.494 e. The average molecular weight is 364 g/mol. The molecule has 8 nitrogen and oxygen atoms in total. The normalized spacial score (nSPS) is 14.4. The summed E-state index contributed by atoms with van der Waals surface area (Å²) in [5, 5.41) is 24.5. The van der Waals surface area contributed by atoms with Gasteiger partial charge in [-0.1, -0.05) is 23.4 Å². The average Bonchev–Trinajstić information content (AvgIpc) is 3.17. The lowest BCUT2D eigenvalue weighted by molar-refractivity contribution is 0.0697. The number of nitrogens with one attached hydrogen (secondary N) is 1. The highest BCUT2D eigenvalue weighted by atomic mass is 16.6. The Bertz CT molecular complexity index is 1110. The molecule has 0 aliphatic carbocycles. The first-order valence-corrected chi connectivity index (χ1v) is 8.27. The Morgan fingerprint density at radius 3 is 2.85 bits per heavy atom. The zero-order valence-corrected chi connectivity index (χ0v) is 14.1. The fourth-order valence-electron chi connectivity index (χ4n) is 3.05. The molecule has 0 fully saturated rings. The topological polar surface area (TPSA) is 133 Å². The SMILES string of the molecule is NCCON=C1C(c2c(O)[nH]c3ccc(C(=O)O)cc23)=Nc2ccccc21. The third kappa shape index (κ3) is 2.81. The van der Waals surface area contributed by atoms with Gasteiger partial charge in [0.2, 0.25) is 0 Å². The van der Waals surface area contributed by atoms with E-state index in [0.717, 1.165) is 5.56 Å². The number of nitrogens with zero attached hydrogens (tertiary/aromatic N) is 2. The molecule has 0 amide bonds. The zero-order chi connectivity index (χ0) is 19.0. The molecule has 136 valence electrons. The Labute approximate surface area is 153 Å². The smallest absolute Gasteiger partial charge is 0.335 e. The molecule has 0 spiro atoms. The first-order valence-electron chi connectivity index (χ1n) is 8.27. The maximum absolute atomic E-state index is 11.3. The van der Waals surface area contributed by atoms with Gasteiger partial charge in [0.15, 0.2) is 5.88 Å². The summed E-state index contributed by atoms with van der Waals surface area (Å²) >= 11 is 0. The van der Waals surface area contributed by atoms with Crippen LogP contribution in [0.4, 0.5) is 5.69 Å². The second-order valence-corrected chi connectivity index (χ2v) is 5.95. The van der Waals surface area contributed by atoms with Gasteiger partial charge in [0.05, 0.1) is 16.8 Å². The van der Waals surface area contributed by atoms with Gasteiger partial charge in [0.1, 0.15) is 18.0 Å². The van der Waals surface area contributed by atoms with E-state index in [4.69, 9.17) is 10.6 Å². The fourth-order valence-corrected chi connectivity index (χ4v) is 3.05. The van der Waals surface area contributed by atoms with Crippen LogP contribution in [-0.2, 0) is 4.84 Å². The molecule has 8 heteroatoms. The second kappa shape index (κ2) is 6.58. The summed E-state index contributed by atoms with van der Waals surface area (Å²) in [5.41, 5.74) is 8.83. The van der Waals surface area contributed by atoms with Crippen molar-refractivity contribution in [2.24, 2.45) is 15.9 Å². The van der Waals surface area contributed by atoms with Gasteiger partial charge in [-0.3, -0.25) is 0 Å². The molecular formula is C19H16N4O4. The van der Waals surface area contributed by atoms with Crippen molar-refractivity contribution < 1.29 is 19.8 Å². The van der Waals surface area contributed by atoms with Crippen LogP contribution in [0.1, 0.15) is 21.5 Å². The third-order valence-corrected chi connectivity index (χ3v) is 4.24. The number of aliphatic imine (C=N–C) groups is 1. The number of oxime groups is 1. The highest BCUT2D eigenvalue weighted by Crippen LogP contribution is 2.36. The van der Waals surface area contributed by atoms with Crippen LogP contribution in [0.25, 0.3) is 10.9 Å². The lowest BCUT2D eigenvalue weighted by atomic mass is 10.00. The minimum atomic E-state index is -1.06. The van der Waals surface area contributed by atoms with Crippen LogP contribution in [0.3, 0.4) is 0 Å². The molecule has 0 saturated carbocycles. The number of hydrogen-bond donors (Lipinski definition) is 4. The molecule has 5 N–H and O–H groups in total. The summed E-state index contributed by atoms with van der Waals surface area (Å²) < 4.78 is 0. The number of carboxylic acid groups (broad SMARTS) is 1. The zero-order valence-electron chi connectivity index (χ0n) is 14.1. The molecule has 1 aliphatic heterocycles. The van der Waals surface area contributed by atoms with Gasteiger partial charge in [-0.25, -0.2) is 9.79 Å². The summed E-state index contributed by atoms with van der Waals surface area (Å²) in [5.74, 6) is -1.18. The minimum absolute atomic E-state index is 0.108. The van der Waals surface area contributed by atoms with Crippen molar-refractivity contribution in [3.05, 3.63) is 59.2 Å². The van der Waals surface area contributed by atoms with Crippen molar-refractivity contribution >= 4 is 34.0 Å². The van der Waals surface area contributed by atoms with E-state index in [0.29, 0.717) is 40.1 Å². The van der Waals surface area contributed by atoms with E-state index >= 15 is 0 Å². The van der Waals surface area contributed by atoms with Gasteiger partial charge in [-0.15, -0.1) is 0 Å². The molecule has 2 heterocycles. The first kappa shape index (κ1) is 16.8. The number of aromatic nitrogens is 1. The number of hydrogen-bond acceptors (Lipinski definition) is 6. The quantitative estimate of drug-likeness (QED) is 0.407. The number of aromatic amines is 1. The van der Waals surface area contributed by atoms with Gasteiger partial charge in [-0.05, 0) is 24.3 Å². The molecule has 0 bridgehead atoms.